The maximum Gasteiger partial charge on any atom is 0.325 e. The number of carboxylic acids is 1. The Hall–Kier alpha value is -1.36. The lowest BCUT2D eigenvalue weighted by atomic mass is 10.1. The summed E-state index contributed by atoms with van der Waals surface area (Å²) >= 11 is 0. The molecule has 0 saturated heterocycles. The third-order valence-corrected chi connectivity index (χ3v) is 2.18. The van der Waals surface area contributed by atoms with Gasteiger partial charge in [0.05, 0.1) is 6.20 Å². The fourth-order valence-corrected chi connectivity index (χ4v) is 1.28. The number of aromatic nitrogens is 1. The Labute approximate surface area is 74.5 Å². The van der Waals surface area contributed by atoms with Crippen molar-refractivity contribution in [1.82, 2.24) is 5.16 Å². The van der Waals surface area contributed by atoms with Crippen LogP contribution in [0.1, 0.15) is 36.1 Å². The molecule has 1 heterocycles. The van der Waals surface area contributed by atoms with Gasteiger partial charge in [-0.05, 0) is 12.8 Å². The van der Waals surface area contributed by atoms with Gasteiger partial charge in [-0.25, -0.2) is 0 Å². The molecule has 13 heavy (non-hydrogen) atoms. The smallest absolute Gasteiger partial charge is 0.325 e. The first-order valence-electron chi connectivity index (χ1n) is 4.13. The van der Waals surface area contributed by atoms with Gasteiger partial charge in [0, 0.05) is 11.5 Å². The minimum atomic E-state index is -1.05. The number of carboxylic acid groups (broad SMARTS) is 1. The fourth-order valence-electron chi connectivity index (χ4n) is 1.28. The van der Waals surface area contributed by atoms with E-state index >= 15 is 0 Å². The fraction of sp³-hybridized carbons (Fsp3) is 0.500. The van der Waals surface area contributed by atoms with Crippen molar-refractivity contribution in [2.45, 2.75) is 24.8 Å². The van der Waals surface area contributed by atoms with E-state index in [0.29, 0.717) is 17.2 Å². The van der Waals surface area contributed by atoms with Crippen LogP contribution in [0.3, 0.4) is 0 Å². The average Bonchev–Trinajstić information content (AvgIpc) is 2.83. The van der Waals surface area contributed by atoms with Crippen LogP contribution in [0, 0.1) is 0 Å². The summed E-state index contributed by atoms with van der Waals surface area (Å²) in [5.74, 6) is -0.0668. The summed E-state index contributed by atoms with van der Waals surface area (Å²) in [6.45, 7) is 0. The van der Waals surface area contributed by atoms with Gasteiger partial charge in [0.2, 0.25) is 0 Å². The summed E-state index contributed by atoms with van der Waals surface area (Å²) in [4.78, 5) is 10.6. The Bertz CT molecular complexity index is 330. The molecule has 0 aliphatic heterocycles. The zero-order valence-electron chi connectivity index (χ0n) is 6.93. The van der Waals surface area contributed by atoms with E-state index in [1.165, 1.54) is 6.20 Å². The molecule has 0 spiro atoms. The van der Waals surface area contributed by atoms with Gasteiger partial charge in [0.15, 0.2) is 0 Å². The number of nitrogens with two attached hydrogens (primary N) is 1. The zero-order chi connectivity index (χ0) is 9.42. The monoisotopic (exact) mass is 182 g/mol. The van der Waals surface area contributed by atoms with Crippen molar-refractivity contribution in [3.63, 3.8) is 0 Å². The maximum absolute atomic E-state index is 10.6. The van der Waals surface area contributed by atoms with Crippen LogP contribution in [0.5, 0.6) is 0 Å². The van der Waals surface area contributed by atoms with Crippen molar-refractivity contribution < 1.29 is 14.4 Å². The van der Waals surface area contributed by atoms with Gasteiger partial charge in [0.25, 0.3) is 0 Å². The number of hydrogen-bond acceptors (Lipinski definition) is 4. The highest BCUT2D eigenvalue weighted by atomic mass is 16.5. The quantitative estimate of drug-likeness (QED) is 0.715. The summed E-state index contributed by atoms with van der Waals surface area (Å²) in [5.41, 5.74) is 5.96. The number of nitrogens with zero attached hydrogens (tertiary/aromatic N) is 1. The molecule has 5 nitrogen and oxygen atoms in total. The highest BCUT2D eigenvalue weighted by molar-refractivity contribution is 5.75. The Morgan fingerprint density at radius 2 is 2.46 bits per heavy atom. The molecule has 1 aromatic rings. The van der Waals surface area contributed by atoms with E-state index in [1.807, 2.05) is 0 Å². The molecule has 0 aromatic carbocycles. The average molecular weight is 182 g/mol. The van der Waals surface area contributed by atoms with Crippen LogP contribution in [-0.2, 0) is 4.79 Å². The first-order chi connectivity index (χ1) is 6.20. The lowest BCUT2D eigenvalue weighted by Crippen LogP contribution is -2.21. The van der Waals surface area contributed by atoms with Crippen LogP contribution in [0.2, 0.25) is 0 Å². The predicted molar refractivity (Wildman–Crippen MR) is 43.0 cm³/mol. The topological polar surface area (TPSA) is 89.4 Å². The van der Waals surface area contributed by atoms with Crippen molar-refractivity contribution in [3.8, 4) is 0 Å². The van der Waals surface area contributed by atoms with E-state index in [-0.39, 0.29) is 0 Å². The van der Waals surface area contributed by atoms with Crippen LogP contribution in [0.25, 0.3) is 0 Å². The van der Waals surface area contributed by atoms with Crippen LogP contribution >= 0.6 is 0 Å². The molecule has 1 unspecified atom stereocenters. The maximum atomic E-state index is 10.6. The van der Waals surface area contributed by atoms with Crippen LogP contribution in [-0.4, -0.2) is 16.2 Å². The van der Waals surface area contributed by atoms with Gasteiger partial charge in [-0.2, -0.15) is 0 Å². The number of aliphatic carboxylic acids is 1. The Balaban J connectivity index is 2.27. The van der Waals surface area contributed by atoms with Gasteiger partial charge in [-0.3, -0.25) is 4.79 Å². The molecule has 1 aliphatic rings. The van der Waals surface area contributed by atoms with Gasteiger partial charge < -0.3 is 15.4 Å². The van der Waals surface area contributed by atoms with E-state index in [4.69, 9.17) is 15.4 Å². The van der Waals surface area contributed by atoms with Crippen LogP contribution < -0.4 is 5.73 Å². The summed E-state index contributed by atoms with van der Waals surface area (Å²) in [6, 6.07) is -1.01. The highest BCUT2D eigenvalue weighted by Crippen LogP contribution is 2.42. The van der Waals surface area contributed by atoms with Crippen molar-refractivity contribution in [3.05, 3.63) is 17.5 Å². The molecule has 3 N–H and O–H groups in total. The van der Waals surface area contributed by atoms with Crippen molar-refractivity contribution in [2.75, 3.05) is 0 Å². The molecule has 5 heteroatoms. The lowest BCUT2D eigenvalue weighted by molar-refractivity contribution is -0.138. The van der Waals surface area contributed by atoms with E-state index in [0.717, 1.165) is 12.8 Å². The molecule has 0 amide bonds. The number of hydrogen-bond donors (Lipinski definition) is 2. The standard InChI is InChI=1S/C8H10N2O3/c9-6(8(11)12)5-3-10-13-7(5)4-1-2-4/h3-4,6H,1-2,9H2,(H,11,12). The van der Waals surface area contributed by atoms with Crippen LogP contribution in [0.4, 0.5) is 0 Å². The summed E-state index contributed by atoms with van der Waals surface area (Å²) in [5, 5.41) is 12.3. The summed E-state index contributed by atoms with van der Waals surface area (Å²) < 4.78 is 4.97. The first-order valence-corrected chi connectivity index (χ1v) is 4.13. The molecule has 1 atom stereocenters. The minimum Gasteiger partial charge on any atom is -0.480 e. The molecule has 1 fully saturated rings. The first kappa shape index (κ1) is 8.25. The van der Waals surface area contributed by atoms with E-state index in [9.17, 15) is 4.79 Å². The van der Waals surface area contributed by atoms with Crippen molar-refractivity contribution in [1.29, 1.82) is 0 Å². The summed E-state index contributed by atoms with van der Waals surface area (Å²) in [7, 11) is 0. The molecule has 1 aromatic heterocycles. The summed E-state index contributed by atoms with van der Waals surface area (Å²) in [6.07, 6.45) is 3.47. The van der Waals surface area contributed by atoms with Gasteiger partial charge in [-0.1, -0.05) is 5.16 Å². The van der Waals surface area contributed by atoms with Crippen molar-refractivity contribution in [2.24, 2.45) is 5.73 Å². The third-order valence-electron chi connectivity index (χ3n) is 2.18. The SMILES string of the molecule is NC(C(=O)O)c1cnoc1C1CC1. The van der Waals surface area contributed by atoms with E-state index in [2.05, 4.69) is 5.16 Å². The predicted octanol–water partition coefficient (Wildman–Crippen LogP) is 0.636. The Morgan fingerprint density at radius 1 is 1.77 bits per heavy atom. The van der Waals surface area contributed by atoms with E-state index in [1.54, 1.807) is 0 Å². The second kappa shape index (κ2) is 2.85. The molecule has 2 rings (SSSR count). The number of rotatable bonds is 3. The molecule has 0 bridgehead atoms. The zero-order valence-corrected chi connectivity index (χ0v) is 6.93. The molecule has 70 valence electrons. The molecule has 0 radical (unpaired) electrons. The Kier molecular flexibility index (Phi) is 1.81. The molecule has 1 saturated carbocycles. The molecule has 1 aliphatic carbocycles. The van der Waals surface area contributed by atoms with Crippen LogP contribution in [0.15, 0.2) is 10.7 Å². The highest BCUT2D eigenvalue weighted by Gasteiger charge is 2.33. The van der Waals surface area contributed by atoms with Gasteiger partial charge in [-0.15, -0.1) is 0 Å². The largest absolute Gasteiger partial charge is 0.480 e. The second-order valence-corrected chi connectivity index (χ2v) is 3.24. The Morgan fingerprint density at radius 3 is 3.00 bits per heavy atom. The minimum absolute atomic E-state index is 0.336. The second-order valence-electron chi connectivity index (χ2n) is 3.24. The van der Waals surface area contributed by atoms with Crippen molar-refractivity contribution >= 4 is 5.97 Å². The lowest BCUT2D eigenvalue weighted by Gasteiger charge is -2.03. The normalized spacial score (nSPS) is 18.5. The van der Waals surface area contributed by atoms with Gasteiger partial charge in [0.1, 0.15) is 11.8 Å². The van der Waals surface area contributed by atoms with E-state index < -0.39 is 12.0 Å². The molecular weight excluding hydrogens is 172 g/mol. The molecular formula is C8H10N2O3. The third kappa shape index (κ3) is 1.42. The van der Waals surface area contributed by atoms with Gasteiger partial charge >= 0.3 is 5.97 Å². The number of carbonyl (C=O) groups is 1.